The maximum atomic E-state index is 13.6. The Labute approximate surface area is 211 Å². The number of nitrogens with one attached hydrogen (secondary N) is 2. The fraction of sp³-hybridized carbons (Fsp3) is 0.464. The average Bonchev–Trinajstić information content (AvgIpc) is 2.95. The van der Waals surface area contributed by atoms with Crippen molar-refractivity contribution in [3.05, 3.63) is 59.4 Å². The number of rotatable bonds is 4. The second-order valence-electron chi connectivity index (χ2n) is 11.1. The molecule has 0 bridgehead atoms. The molecule has 8 heteroatoms. The number of benzene rings is 2. The van der Waals surface area contributed by atoms with Crippen LogP contribution in [0.4, 0.5) is 15.8 Å². The summed E-state index contributed by atoms with van der Waals surface area (Å²) in [7, 11) is 0. The smallest absolute Gasteiger partial charge is 0.251 e. The lowest BCUT2D eigenvalue weighted by atomic mass is 9.90. The summed E-state index contributed by atoms with van der Waals surface area (Å²) in [5.41, 5.74) is 7.86. The van der Waals surface area contributed by atoms with Gasteiger partial charge in [-0.1, -0.05) is 45.7 Å². The minimum atomic E-state index is -0.610. The molecule has 4 rings (SSSR count). The number of carbonyl (C=O) groups excluding carboxylic acids is 3. The Bertz CT molecular complexity index is 1140. The summed E-state index contributed by atoms with van der Waals surface area (Å²) < 4.78 is 13.6. The van der Waals surface area contributed by atoms with Gasteiger partial charge in [-0.15, -0.1) is 0 Å². The van der Waals surface area contributed by atoms with Crippen LogP contribution in [0, 0.1) is 11.2 Å². The van der Waals surface area contributed by atoms with Gasteiger partial charge in [0, 0.05) is 24.1 Å². The van der Waals surface area contributed by atoms with Crippen LogP contribution in [0.2, 0.25) is 0 Å². The van der Waals surface area contributed by atoms with Gasteiger partial charge in [0.05, 0.1) is 23.8 Å². The molecule has 1 aliphatic carbocycles. The quantitative estimate of drug-likeness (QED) is 0.574. The highest BCUT2D eigenvalue weighted by Crippen LogP contribution is 2.40. The monoisotopic (exact) mass is 494 g/mol. The first-order valence-corrected chi connectivity index (χ1v) is 12.6. The number of amides is 3. The van der Waals surface area contributed by atoms with Crippen LogP contribution in [-0.4, -0.2) is 29.8 Å². The maximum Gasteiger partial charge on any atom is 0.251 e. The molecule has 2 aliphatic rings. The molecule has 2 aromatic carbocycles. The molecule has 3 atom stereocenters. The normalized spacial score (nSPS) is 22.3. The van der Waals surface area contributed by atoms with Crippen molar-refractivity contribution in [2.75, 3.05) is 10.2 Å². The van der Waals surface area contributed by atoms with Gasteiger partial charge in [-0.05, 0) is 54.2 Å². The fourth-order valence-electron chi connectivity index (χ4n) is 5.01. The van der Waals surface area contributed by atoms with Gasteiger partial charge < -0.3 is 21.3 Å². The van der Waals surface area contributed by atoms with E-state index < -0.39 is 11.9 Å². The number of hydrogen-bond acceptors (Lipinski definition) is 4. The Hall–Kier alpha value is -3.26. The highest BCUT2D eigenvalue weighted by atomic mass is 19.1. The zero-order valence-corrected chi connectivity index (χ0v) is 21.1. The Kier molecular flexibility index (Phi) is 7.45. The molecule has 36 heavy (non-hydrogen) atoms. The predicted molar refractivity (Wildman–Crippen MR) is 138 cm³/mol. The number of halogens is 1. The standard InChI is InChI=1S/C28H35FN4O3/c1-28(2,3)16-26(35)33-23-13-10-18(27(36)32-21-7-5-4-6-20(21)30)14-22(23)31-25(34)15-24(33)17-8-11-19(29)12-9-17/h8-14,20-21,24H,4-7,15-16,30H2,1-3H3,(H,31,34)(H,32,36). The van der Waals surface area contributed by atoms with Crippen molar-refractivity contribution in [1.82, 2.24) is 5.32 Å². The van der Waals surface area contributed by atoms with Crippen LogP contribution in [0.15, 0.2) is 42.5 Å². The van der Waals surface area contributed by atoms with Crippen LogP contribution in [0.5, 0.6) is 0 Å². The molecular formula is C28H35FN4O3. The lowest BCUT2D eigenvalue weighted by molar-refractivity contribution is -0.121. The zero-order chi connectivity index (χ0) is 26.0. The van der Waals surface area contributed by atoms with Crippen LogP contribution in [0.1, 0.15) is 81.3 Å². The molecule has 1 saturated carbocycles. The van der Waals surface area contributed by atoms with Crippen molar-refractivity contribution in [3.8, 4) is 0 Å². The topological polar surface area (TPSA) is 105 Å². The van der Waals surface area contributed by atoms with Crippen LogP contribution >= 0.6 is 0 Å². The lowest BCUT2D eigenvalue weighted by Gasteiger charge is -2.33. The number of nitrogens with zero attached hydrogens (tertiary/aromatic N) is 1. The third-order valence-corrected chi connectivity index (χ3v) is 6.82. The first kappa shape index (κ1) is 25.8. The molecule has 192 valence electrons. The summed E-state index contributed by atoms with van der Waals surface area (Å²) in [6, 6.07) is 10.1. The first-order valence-electron chi connectivity index (χ1n) is 12.6. The van der Waals surface area contributed by atoms with E-state index in [1.165, 1.54) is 12.1 Å². The van der Waals surface area contributed by atoms with Gasteiger partial charge in [0.1, 0.15) is 5.82 Å². The first-order chi connectivity index (χ1) is 17.0. The van der Waals surface area contributed by atoms with E-state index >= 15 is 0 Å². The summed E-state index contributed by atoms with van der Waals surface area (Å²) in [6.45, 7) is 5.93. The molecule has 1 fully saturated rings. The molecule has 7 nitrogen and oxygen atoms in total. The predicted octanol–water partition coefficient (Wildman–Crippen LogP) is 4.68. The van der Waals surface area contributed by atoms with Crippen molar-refractivity contribution < 1.29 is 18.8 Å². The third-order valence-electron chi connectivity index (χ3n) is 6.82. The van der Waals surface area contributed by atoms with Gasteiger partial charge in [-0.2, -0.15) is 0 Å². The van der Waals surface area contributed by atoms with E-state index in [4.69, 9.17) is 5.73 Å². The maximum absolute atomic E-state index is 13.6. The van der Waals surface area contributed by atoms with E-state index in [1.807, 2.05) is 20.8 Å². The largest absolute Gasteiger partial charge is 0.348 e. The molecule has 2 aromatic rings. The van der Waals surface area contributed by atoms with Crippen LogP contribution in [0.3, 0.4) is 0 Å². The van der Waals surface area contributed by atoms with Gasteiger partial charge in [-0.3, -0.25) is 14.4 Å². The molecule has 0 saturated heterocycles. The minimum Gasteiger partial charge on any atom is -0.348 e. The fourth-order valence-corrected chi connectivity index (χ4v) is 5.01. The molecule has 3 amide bonds. The van der Waals surface area contributed by atoms with E-state index in [0.29, 0.717) is 22.5 Å². The van der Waals surface area contributed by atoms with Crippen molar-refractivity contribution in [2.45, 2.75) is 77.4 Å². The molecule has 4 N–H and O–H groups in total. The van der Waals surface area contributed by atoms with Crippen molar-refractivity contribution in [2.24, 2.45) is 11.1 Å². The molecule has 3 unspecified atom stereocenters. The Morgan fingerprint density at radius 3 is 2.47 bits per heavy atom. The third kappa shape index (κ3) is 5.93. The highest BCUT2D eigenvalue weighted by Gasteiger charge is 2.35. The second kappa shape index (κ2) is 10.4. The molecule has 0 radical (unpaired) electrons. The van der Waals surface area contributed by atoms with E-state index in [2.05, 4.69) is 10.6 Å². The molecule has 0 spiro atoms. The van der Waals surface area contributed by atoms with Gasteiger partial charge in [0.15, 0.2) is 0 Å². The number of fused-ring (bicyclic) bond motifs is 1. The number of nitrogens with two attached hydrogens (primary N) is 1. The molecule has 0 aromatic heterocycles. The number of hydrogen-bond donors (Lipinski definition) is 3. The van der Waals surface area contributed by atoms with E-state index in [9.17, 15) is 18.8 Å². The molecular weight excluding hydrogens is 459 g/mol. The SMILES string of the molecule is CC(C)(C)CC(=O)N1c2ccc(C(=O)NC3CCCCC3N)cc2NC(=O)CC1c1ccc(F)cc1. The van der Waals surface area contributed by atoms with Gasteiger partial charge in [0.25, 0.3) is 5.91 Å². The minimum absolute atomic E-state index is 0.00858. The van der Waals surface area contributed by atoms with E-state index in [1.54, 1.807) is 35.2 Å². The van der Waals surface area contributed by atoms with Crippen molar-refractivity contribution in [1.29, 1.82) is 0 Å². The molecule has 1 aliphatic heterocycles. The van der Waals surface area contributed by atoms with Gasteiger partial charge in [-0.25, -0.2) is 4.39 Å². The van der Waals surface area contributed by atoms with Crippen molar-refractivity contribution in [3.63, 3.8) is 0 Å². The summed E-state index contributed by atoms with van der Waals surface area (Å²) in [4.78, 5) is 41.2. The summed E-state index contributed by atoms with van der Waals surface area (Å²) in [5.74, 6) is -1.09. The van der Waals surface area contributed by atoms with E-state index in [0.717, 1.165) is 25.7 Å². The Morgan fingerprint density at radius 2 is 1.81 bits per heavy atom. The summed E-state index contributed by atoms with van der Waals surface area (Å²) >= 11 is 0. The number of anilines is 2. The Morgan fingerprint density at radius 1 is 1.11 bits per heavy atom. The van der Waals surface area contributed by atoms with Gasteiger partial charge in [0.2, 0.25) is 11.8 Å². The van der Waals surface area contributed by atoms with Crippen molar-refractivity contribution >= 4 is 29.1 Å². The second-order valence-corrected chi connectivity index (χ2v) is 11.1. The number of carbonyl (C=O) groups is 3. The zero-order valence-electron chi connectivity index (χ0n) is 21.1. The van der Waals surface area contributed by atoms with Gasteiger partial charge >= 0.3 is 0 Å². The lowest BCUT2D eigenvalue weighted by Crippen LogP contribution is -2.49. The van der Waals surface area contributed by atoms with Crippen LogP contribution < -0.4 is 21.3 Å². The van der Waals surface area contributed by atoms with Crippen LogP contribution in [0.25, 0.3) is 0 Å². The molecule has 1 heterocycles. The highest BCUT2D eigenvalue weighted by molar-refractivity contribution is 6.06. The van der Waals surface area contributed by atoms with E-state index in [-0.39, 0.29) is 48.1 Å². The average molecular weight is 495 g/mol. The Balaban J connectivity index is 1.71. The van der Waals surface area contributed by atoms with Crippen LogP contribution in [-0.2, 0) is 9.59 Å². The summed E-state index contributed by atoms with van der Waals surface area (Å²) in [6.07, 6.45) is 4.05. The summed E-state index contributed by atoms with van der Waals surface area (Å²) in [5, 5.41) is 5.91.